The van der Waals surface area contributed by atoms with Crippen LogP contribution in [0, 0.1) is 15.5 Å². The topological polar surface area (TPSA) is 92.5 Å². The van der Waals surface area contributed by atoms with Crippen LogP contribution in [0.25, 0.3) is 0 Å². The molecule has 0 unspecified atom stereocenters. The van der Waals surface area contributed by atoms with E-state index in [1.807, 2.05) is 0 Å². The predicted octanol–water partition coefficient (Wildman–Crippen LogP) is 2.35. The van der Waals surface area contributed by atoms with Gasteiger partial charge in [-0.3, -0.25) is 14.9 Å². The monoisotopic (exact) mass is 342 g/mol. The lowest BCUT2D eigenvalue weighted by Crippen LogP contribution is -2.43. The quantitative estimate of drug-likeness (QED) is 0.647. The number of benzene rings is 1. The number of halogens is 1. The Morgan fingerprint density at radius 2 is 2.10 bits per heavy atom. The number of nitro groups is 1. The van der Waals surface area contributed by atoms with E-state index < -0.39 is 16.3 Å². The lowest BCUT2D eigenvalue weighted by Gasteiger charge is -2.33. The van der Waals surface area contributed by atoms with E-state index >= 15 is 0 Å². The van der Waals surface area contributed by atoms with Gasteiger partial charge in [-0.2, -0.15) is 0 Å². The number of carboxylic acid groups (broad SMARTS) is 1. The number of hydrogen-bond donors (Lipinski definition) is 2. The summed E-state index contributed by atoms with van der Waals surface area (Å²) in [5.41, 5.74) is -0.205. The number of carbonyl (C=O) groups is 1. The number of aliphatic carboxylic acids is 1. The van der Waals surface area contributed by atoms with Gasteiger partial charge in [0, 0.05) is 6.07 Å². The van der Waals surface area contributed by atoms with Gasteiger partial charge in [-0.25, -0.2) is 0 Å². The van der Waals surface area contributed by atoms with E-state index in [2.05, 4.69) is 21.2 Å². The Morgan fingerprint density at radius 3 is 2.65 bits per heavy atom. The lowest BCUT2D eigenvalue weighted by atomic mass is 9.74. The summed E-state index contributed by atoms with van der Waals surface area (Å²) >= 11 is 3.23. The Hall–Kier alpha value is -1.47. The Balaban J connectivity index is 2.34. The maximum atomic E-state index is 11.6. The molecule has 1 aliphatic rings. The average Bonchev–Trinajstić information content (AvgIpc) is 2.41. The summed E-state index contributed by atoms with van der Waals surface area (Å²) in [4.78, 5) is 22.1. The Morgan fingerprint density at radius 1 is 1.45 bits per heavy atom. The number of hydrogen-bond acceptors (Lipinski definition) is 4. The Kier molecular flexibility index (Phi) is 4.39. The van der Waals surface area contributed by atoms with Crippen molar-refractivity contribution in [1.29, 1.82) is 0 Å². The summed E-state index contributed by atoms with van der Waals surface area (Å²) in [5.74, 6) is -0.836. The highest BCUT2D eigenvalue weighted by Crippen LogP contribution is 2.37. The summed E-state index contributed by atoms with van der Waals surface area (Å²) in [7, 11) is 0. The first-order valence-corrected chi connectivity index (χ1v) is 7.11. The summed E-state index contributed by atoms with van der Waals surface area (Å²) in [6.07, 6.45) is 1.35. The molecule has 2 N–H and O–H groups in total. The van der Waals surface area contributed by atoms with E-state index in [-0.39, 0.29) is 5.69 Å². The molecule has 1 fully saturated rings. The zero-order chi connectivity index (χ0) is 14.8. The number of nitrogens with zero attached hydrogens (tertiary/aromatic N) is 1. The largest absolute Gasteiger partial charge is 0.481 e. The van der Waals surface area contributed by atoms with Gasteiger partial charge in [-0.1, -0.05) is 12.1 Å². The van der Waals surface area contributed by atoms with Crippen molar-refractivity contribution >= 4 is 27.6 Å². The molecule has 1 heterocycles. The molecule has 1 aromatic carbocycles. The van der Waals surface area contributed by atoms with Crippen LogP contribution in [0.15, 0.2) is 22.7 Å². The summed E-state index contributed by atoms with van der Waals surface area (Å²) in [5, 5.41) is 23.6. The third kappa shape index (κ3) is 2.83. The predicted molar refractivity (Wildman–Crippen MR) is 76.7 cm³/mol. The van der Waals surface area contributed by atoms with Gasteiger partial charge < -0.3 is 10.4 Å². The van der Waals surface area contributed by atoms with Gasteiger partial charge in [-0.05, 0) is 53.8 Å². The molecule has 6 nitrogen and oxygen atoms in total. The molecule has 1 aliphatic heterocycles. The van der Waals surface area contributed by atoms with Gasteiger partial charge in [0.25, 0.3) is 5.69 Å². The van der Waals surface area contributed by atoms with Crippen LogP contribution in [0.5, 0.6) is 0 Å². The zero-order valence-electron chi connectivity index (χ0n) is 10.8. The van der Waals surface area contributed by atoms with E-state index in [4.69, 9.17) is 0 Å². The molecule has 7 heteroatoms. The fourth-order valence-corrected chi connectivity index (χ4v) is 3.13. The molecule has 1 aromatic rings. The van der Waals surface area contributed by atoms with E-state index in [0.29, 0.717) is 42.4 Å². The molecular weight excluding hydrogens is 328 g/mol. The summed E-state index contributed by atoms with van der Waals surface area (Å²) in [6, 6.07) is 4.74. The molecule has 0 bridgehead atoms. The number of carboxylic acids is 1. The van der Waals surface area contributed by atoms with Gasteiger partial charge >= 0.3 is 5.97 Å². The number of nitrogens with one attached hydrogen (secondary N) is 1. The normalized spacial score (nSPS) is 17.6. The van der Waals surface area contributed by atoms with Crippen LogP contribution in [0.2, 0.25) is 0 Å². The second-order valence-corrected chi connectivity index (χ2v) is 5.81. The second-order valence-electron chi connectivity index (χ2n) is 5.02. The minimum Gasteiger partial charge on any atom is -0.481 e. The minimum atomic E-state index is -0.844. The van der Waals surface area contributed by atoms with Gasteiger partial charge in [0.05, 0.1) is 14.8 Å². The molecular formula is C13H15BrN2O4. The third-order valence-corrected chi connectivity index (χ3v) is 4.71. The minimum absolute atomic E-state index is 0.0306. The van der Waals surface area contributed by atoms with E-state index in [1.54, 1.807) is 12.1 Å². The van der Waals surface area contributed by atoms with E-state index in [1.165, 1.54) is 6.07 Å². The van der Waals surface area contributed by atoms with Crippen molar-refractivity contribution in [2.24, 2.45) is 5.41 Å². The number of rotatable bonds is 4. The molecule has 20 heavy (non-hydrogen) atoms. The van der Waals surface area contributed by atoms with Crippen LogP contribution in [0.3, 0.4) is 0 Å². The van der Waals surface area contributed by atoms with Crippen molar-refractivity contribution in [3.63, 3.8) is 0 Å². The van der Waals surface area contributed by atoms with E-state index in [0.717, 1.165) is 0 Å². The van der Waals surface area contributed by atoms with Gasteiger partial charge in [0.2, 0.25) is 0 Å². The second kappa shape index (κ2) is 5.88. The molecule has 0 amide bonds. The van der Waals surface area contributed by atoms with E-state index in [9.17, 15) is 20.0 Å². The molecule has 0 aliphatic carbocycles. The van der Waals surface area contributed by atoms with Crippen molar-refractivity contribution in [3.05, 3.63) is 38.3 Å². The SMILES string of the molecule is O=C(O)C1(Cc2cccc([N+](=O)[O-])c2Br)CCNCC1. The molecule has 0 spiro atoms. The molecule has 0 atom stereocenters. The first-order valence-electron chi connectivity index (χ1n) is 6.32. The van der Waals surface area contributed by atoms with Crippen molar-refractivity contribution in [2.75, 3.05) is 13.1 Å². The maximum absolute atomic E-state index is 11.6. The fraction of sp³-hybridized carbons (Fsp3) is 0.462. The van der Waals surface area contributed by atoms with Crippen molar-refractivity contribution in [1.82, 2.24) is 5.32 Å². The first kappa shape index (κ1) is 14.9. The van der Waals surface area contributed by atoms with Crippen LogP contribution >= 0.6 is 15.9 Å². The third-order valence-electron chi connectivity index (χ3n) is 3.80. The van der Waals surface area contributed by atoms with Gasteiger partial charge in [0.1, 0.15) is 0 Å². The fourth-order valence-electron chi connectivity index (χ4n) is 2.58. The number of piperidine rings is 1. The first-order chi connectivity index (χ1) is 9.46. The van der Waals surface area contributed by atoms with Crippen molar-refractivity contribution in [2.45, 2.75) is 19.3 Å². The highest BCUT2D eigenvalue weighted by molar-refractivity contribution is 9.10. The maximum Gasteiger partial charge on any atom is 0.310 e. The molecule has 0 radical (unpaired) electrons. The Labute approximate surface area is 124 Å². The molecule has 1 saturated heterocycles. The molecule has 0 saturated carbocycles. The Bertz CT molecular complexity index is 541. The van der Waals surface area contributed by atoms with Crippen LogP contribution in [-0.2, 0) is 11.2 Å². The smallest absolute Gasteiger partial charge is 0.310 e. The molecule has 108 valence electrons. The van der Waals surface area contributed by atoms with Gasteiger partial charge in [-0.15, -0.1) is 0 Å². The van der Waals surface area contributed by atoms with Crippen LogP contribution in [0.4, 0.5) is 5.69 Å². The number of nitro benzene ring substituents is 1. The van der Waals surface area contributed by atoms with Crippen LogP contribution in [0.1, 0.15) is 18.4 Å². The average molecular weight is 343 g/mol. The van der Waals surface area contributed by atoms with Crippen molar-refractivity contribution in [3.8, 4) is 0 Å². The van der Waals surface area contributed by atoms with Crippen molar-refractivity contribution < 1.29 is 14.8 Å². The highest BCUT2D eigenvalue weighted by Gasteiger charge is 2.40. The van der Waals surface area contributed by atoms with Gasteiger partial charge in [0.15, 0.2) is 0 Å². The standard InChI is InChI=1S/C13H15BrN2O4/c14-11-9(2-1-3-10(11)16(19)20)8-13(12(17)18)4-6-15-7-5-13/h1-3,15H,4-8H2,(H,17,18). The van der Waals surface area contributed by atoms with Crippen LogP contribution < -0.4 is 5.32 Å². The molecule has 2 rings (SSSR count). The highest BCUT2D eigenvalue weighted by atomic mass is 79.9. The van der Waals surface area contributed by atoms with Crippen LogP contribution in [-0.4, -0.2) is 29.1 Å². The lowest BCUT2D eigenvalue weighted by molar-refractivity contribution is -0.385. The molecule has 0 aromatic heterocycles. The summed E-state index contributed by atoms with van der Waals surface area (Å²) in [6.45, 7) is 1.30. The summed E-state index contributed by atoms with van der Waals surface area (Å²) < 4.78 is 0.379. The zero-order valence-corrected chi connectivity index (χ0v) is 12.4.